The van der Waals surface area contributed by atoms with E-state index < -0.39 is 23.7 Å². The Morgan fingerprint density at radius 2 is 2.00 bits per heavy atom. The third kappa shape index (κ3) is 3.94. The number of benzene rings is 1. The van der Waals surface area contributed by atoms with Crippen molar-refractivity contribution in [2.24, 2.45) is 7.05 Å². The summed E-state index contributed by atoms with van der Waals surface area (Å²) in [4.78, 5) is 34.0. The van der Waals surface area contributed by atoms with Gasteiger partial charge in [-0.15, -0.1) is 0 Å². The number of halogens is 3. The Balaban J connectivity index is 1.54. The number of amides is 2. The third-order valence-electron chi connectivity index (χ3n) is 5.69. The number of anilines is 1. The zero-order valence-corrected chi connectivity index (χ0v) is 18.3. The van der Waals surface area contributed by atoms with Gasteiger partial charge in [0.2, 0.25) is 0 Å². The predicted octanol–water partition coefficient (Wildman–Crippen LogP) is 3.13. The topological polar surface area (TPSA) is 119 Å². The lowest BCUT2D eigenvalue weighted by Crippen LogP contribution is -2.46. The van der Waals surface area contributed by atoms with Gasteiger partial charge in [0.25, 0.3) is 5.91 Å². The minimum absolute atomic E-state index is 0.0697. The van der Waals surface area contributed by atoms with E-state index in [1.54, 1.807) is 30.1 Å². The van der Waals surface area contributed by atoms with Gasteiger partial charge in [-0.1, -0.05) is 0 Å². The van der Waals surface area contributed by atoms with E-state index in [0.717, 1.165) is 22.2 Å². The number of carbonyl (C=O) groups is 2. The molecule has 2 amide bonds. The van der Waals surface area contributed by atoms with Crippen molar-refractivity contribution in [3.8, 4) is 0 Å². The molecule has 10 nitrogen and oxygen atoms in total. The van der Waals surface area contributed by atoms with E-state index in [1.807, 2.05) is 0 Å². The number of carbonyl (C=O) groups excluding carboxylic acids is 2. The second-order valence-corrected chi connectivity index (χ2v) is 7.90. The summed E-state index contributed by atoms with van der Waals surface area (Å²) < 4.78 is 45.2. The molecule has 1 saturated heterocycles. The average molecular weight is 485 g/mol. The van der Waals surface area contributed by atoms with Gasteiger partial charge in [0.1, 0.15) is 17.9 Å². The molecule has 4 aromatic rings. The number of aromatic nitrogens is 4. The van der Waals surface area contributed by atoms with Gasteiger partial charge in [-0.2, -0.15) is 18.3 Å². The number of cyclic esters (lactones) is 1. The van der Waals surface area contributed by atoms with Gasteiger partial charge in [-0.25, -0.2) is 19.8 Å². The molecular weight excluding hydrogens is 467 g/mol. The molecule has 13 heteroatoms. The summed E-state index contributed by atoms with van der Waals surface area (Å²) in [6.07, 6.45) is -2.98. The number of nitrogens with two attached hydrogens (primary N) is 1. The number of hydrogen-bond donors (Lipinski definition) is 1. The lowest BCUT2D eigenvalue weighted by atomic mass is 10.1. The Labute approximate surface area is 195 Å². The highest BCUT2D eigenvalue weighted by Crippen LogP contribution is 2.30. The quantitative estimate of drug-likeness (QED) is 0.472. The van der Waals surface area contributed by atoms with Crippen LogP contribution in [-0.2, 0) is 24.5 Å². The van der Waals surface area contributed by atoms with Crippen molar-refractivity contribution in [3.05, 3.63) is 59.5 Å². The van der Waals surface area contributed by atoms with E-state index >= 15 is 0 Å². The fraction of sp³-hybridized carbons (Fsp3) is 0.227. The van der Waals surface area contributed by atoms with Gasteiger partial charge in [0, 0.05) is 29.6 Å². The van der Waals surface area contributed by atoms with Crippen LogP contribution in [0.5, 0.6) is 0 Å². The number of pyridine rings is 2. The molecule has 0 aliphatic carbocycles. The van der Waals surface area contributed by atoms with Crippen LogP contribution in [0.1, 0.15) is 21.6 Å². The van der Waals surface area contributed by atoms with Gasteiger partial charge in [0.15, 0.2) is 0 Å². The Kier molecular flexibility index (Phi) is 5.19. The molecule has 1 fully saturated rings. The fourth-order valence-electron chi connectivity index (χ4n) is 3.96. The smallest absolute Gasteiger partial charge is 0.429 e. The molecule has 0 radical (unpaired) electrons. The number of hydrazine groups is 1. The number of ether oxygens (including phenoxy) is 1. The van der Waals surface area contributed by atoms with Crippen LogP contribution in [-0.4, -0.2) is 54.9 Å². The van der Waals surface area contributed by atoms with Crippen LogP contribution in [0.25, 0.3) is 21.8 Å². The molecule has 2 N–H and O–H groups in total. The number of hydrogen-bond acceptors (Lipinski definition) is 7. The van der Waals surface area contributed by atoms with Crippen molar-refractivity contribution in [3.63, 3.8) is 0 Å². The molecule has 5 rings (SSSR count). The second kappa shape index (κ2) is 8.11. The van der Waals surface area contributed by atoms with Gasteiger partial charge in [-0.3, -0.25) is 14.5 Å². The number of aryl methyl sites for hydroxylation is 1. The van der Waals surface area contributed by atoms with Crippen LogP contribution < -0.4 is 5.73 Å². The SMILES string of the molecule is Cn1ncc2c3cc(C(=O)N(Cc4ccc(C(F)(F)F)cn4)N4CCOC4=O)ccc3nc(N)c21. The van der Waals surface area contributed by atoms with Crippen molar-refractivity contribution in [2.45, 2.75) is 12.7 Å². The second-order valence-electron chi connectivity index (χ2n) is 7.90. The number of fused-ring (bicyclic) bond motifs is 3. The Morgan fingerprint density at radius 1 is 1.20 bits per heavy atom. The van der Waals surface area contributed by atoms with Gasteiger partial charge >= 0.3 is 12.3 Å². The molecule has 0 unspecified atom stereocenters. The van der Waals surface area contributed by atoms with E-state index in [-0.39, 0.29) is 31.0 Å². The Bertz CT molecular complexity index is 1470. The number of nitrogen functional groups attached to an aromatic ring is 1. The highest BCUT2D eigenvalue weighted by atomic mass is 19.4. The van der Waals surface area contributed by atoms with Crippen molar-refractivity contribution < 1.29 is 27.5 Å². The molecule has 1 aliphatic heterocycles. The number of nitrogens with zero attached hydrogens (tertiary/aromatic N) is 6. The molecule has 4 heterocycles. The minimum Gasteiger partial charge on any atom is -0.446 e. The predicted molar refractivity (Wildman–Crippen MR) is 118 cm³/mol. The average Bonchev–Trinajstić information content (AvgIpc) is 3.42. The maximum absolute atomic E-state index is 13.6. The van der Waals surface area contributed by atoms with Crippen LogP contribution in [0, 0.1) is 0 Å². The molecule has 35 heavy (non-hydrogen) atoms. The molecule has 3 aromatic heterocycles. The van der Waals surface area contributed by atoms with Crippen LogP contribution in [0.3, 0.4) is 0 Å². The highest BCUT2D eigenvalue weighted by molar-refractivity contribution is 6.10. The first-order valence-corrected chi connectivity index (χ1v) is 10.4. The Morgan fingerprint density at radius 3 is 2.66 bits per heavy atom. The maximum atomic E-state index is 13.6. The summed E-state index contributed by atoms with van der Waals surface area (Å²) in [5, 5.41) is 7.75. The largest absolute Gasteiger partial charge is 0.446 e. The molecule has 0 bridgehead atoms. The number of rotatable bonds is 4. The van der Waals surface area contributed by atoms with Crippen molar-refractivity contribution in [1.29, 1.82) is 0 Å². The van der Waals surface area contributed by atoms with Crippen LogP contribution in [0.15, 0.2) is 42.7 Å². The maximum Gasteiger partial charge on any atom is 0.429 e. The molecule has 180 valence electrons. The van der Waals surface area contributed by atoms with Gasteiger partial charge in [0.05, 0.1) is 36.1 Å². The lowest BCUT2D eigenvalue weighted by molar-refractivity contribution is -0.137. The highest BCUT2D eigenvalue weighted by Gasteiger charge is 2.34. The van der Waals surface area contributed by atoms with Crippen LogP contribution in [0.4, 0.5) is 23.8 Å². The molecular formula is C22H18F3N7O3. The first kappa shape index (κ1) is 22.4. The normalized spacial score (nSPS) is 14.1. The summed E-state index contributed by atoms with van der Waals surface area (Å²) in [6, 6.07) is 6.81. The summed E-state index contributed by atoms with van der Waals surface area (Å²) in [5.41, 5.74) is 6.68. The van der Waals surface area contributed by atoms with Crippen molar-refractivity contribution in [1.82, 2.24) is 29.8 Å². The molecule has 0 atom stereocenters. The monoisotopic (exact) mass is 485 g/mol. The third-order valence-corrected chi connectivity index (χ3v) is 5.69. The molecule has 0 spiro atoms. The summed E-state index contributed by atoms with van der Waals surface area (Å²) in [5.74, 6) is -0.275. The fourth-order valence-corrected chi connectivity index (χ4v) is 3.96. The van der Waals surface area contributed by atoms with Crippen LogP contribution in [0.2, 0.25) is 0 Å². The summed E-state index contributed by atoms with van der Waals surface area (Å²) in [6.45, 7) is -0.0730. The zero-order chi connectivity index (χ0) is 24.9. The van der Waals surface area contributed by atoms with Gasteiger partial charge < -0.3 is 10.5 Å². The molecule has 0 saturated carbocycles. The molecule has 1 aliphatic rings. The standard InChI is InChI=1S/C22H18F3N7O3/c1-30-18-16(10-28-30)15-8-12(2-5-17(15)29-19(18)26)20(33)32(31-6-7-35-21(31)34)11-14-4-3-13(9-27-14)22(23,24)25/h2-5,8-10H,6-7,11H2,1H3,(H2,26,29). The van der Waals surface area contributed by atoms with E-state index in [2.05, 4.69) is 15.1 Å². The van der Waals surface area contributed by atoms with Crippen LogP contribution >= 0.6 is 0 Å². The lowest BCUT2D eigenvalue weighted by Gasteiger charge is -2.29. The van der Waals surface area contributed by atoms with E-state index in [4.69, 9.17) is 10.5 Å². The van der Waals surface area contributed by atoms with Crippen molar-refractivity contribution >= 4 is 39.6 Å². The Hall–Kier alpha value is -4.42. The van der Waals surface area contributed by atoms with E-state index in [9.17, 15) is 22.8 Å². The first-order valence-electron chi connectivity index (χ1n) is 10.4. The minimum atomic E-state index is -4.54. The summed E-state index contributed by atoms with van der Waals surface area (Å²) >= 11 is 0. The summed E-state index contributed by atoms with van der Waals surface area (Å²) in [7, 11) is 1.72. The zero-order valence-electron chi connectivity index (χ0n) is 18.3. The van der Waals surface area contributed by atoms with E-state index in [0.29, 0.717) is 33.8 Å². The van der Waals surface area contributed by atoms with E-state index in [1.165, 1.54) is 6.07 Å². The van der Waals surface area contributed by atoms with Crippen molar-refractivity contribution in [2.75, 3.05) is 18.9 Å². The molecule has 1 aromatic carbocycles. The first-order chi connectivity index (χ1) is 16.6. The number of alkyl halides is 3. The van der Waals surface area contributed by atoms with Gasteiger partial charge in [-0.05, 0) is 30.3 Å².